The number of methoxy groups -OCH3 is 1. The van der Waals surface area contributed by atoms with Crippen LogP contribution in [-0.4, -0.2) is 71.0 Å². The van der Waals surface area contributed by atoms with Gasteiger partial charge in [-0.2, -0.15) is 0 Å². The highest BCUT2D eigenvalue weighted by molar-refractivity contribution is 6.07. The molecule has 0 radical (unpaired) electrons. The van der Waals surface area contributed by atoms with Crippen molar-refractivity contribution in [2.75, 3.05) is 26.7 Å². The molecular weight excluding hydrogens is 560 g/mol. The van der Waals surface area contributed by atoms with Gasteiger partial charge in [0.05, 0.1) is 25.1 Å². The summed E-state index contributed by atoms with van der Waals surface area (Å²) in [6, 6.07) is 17.0. The number of imide groups is 1. The van der Waals surface area contributed by atoms with E-state index in [1.807, 2.05) is 75.4 Å². The molecule has 1 aliphatic carbocycles. The van der Waals surface area contributed by atoms with E-state index in [0.29, 0.717) is 25.9 Å². The van der Waals surface area contributed by atoms with E-state index in [9.17, 15) is 19.2 Å². The number of ether oxygens (including phenoxy) is 1. The Hall–Kier alpha value is -3.92. The summed E-state index contributed by atoms with van der Waals surface area (Å²) in [5.74, 6) is -0.0347. The van der Waals surface area contributed by atoms with Gasteiger partial charge in [0.1, 0.15) is 11.3 Å². The molecule has 0 aromatic heterocycles. The Morgan fingerprint density at radius 2 is 1.61 bits per heavy atom. The first-order valence-electron chi connectivity index (χ1n) is 15.4. The first-order chi connectivity index (χ1) is 20.8. The van der Waals surface area contributed by atoms with Crippen molar-refractivity contribution in [3.8, 4) is 5.75 Å². The van der Waals surface area contributed by atoms with Crippen LogP contribution in [0.4, 0.5) is 4.79 Å². The van der Waals surface area contributed by atoms with Gasteiger partial charge in [0, 0.05) is 25.0 Å². The second-order valence-electron chi connectivity index (χ2n) is 13.4. The van der Waals surface area contributed by atoms with Crippen molar-refractivity contribution < 1.29 is 29.0 Å². The molecular formula is C34H46N4O6. The van der Waals surface area contributed by atoms with Crippen LogP contribution in [0.25, 0.3) is 0 Å². The van der Waals surface area contributed by atoms with Crippen LogP contribution < -0.4 is 15.4 Å². The van der Waals surface area contributed by atoms with Gasteiger partial charge in [0.15, 0.2) is 0 Å². The number of hydrogen-bond donors (Lipinski definition) is 3. The first-order valence-corrected chi connectivity index (χ1v) is 15.4. The van der Waals surface area contributed by atoms with Crippen LogP contribution in [0.3, 0.4) is 0 Å². The highest BCUT2D eigenvalue weighted by Gasteiger charge is 2.52. The van der Waals surface area contributed by atoms with Crippen molar-refractivity contribution >= 4 is 23.8 Å². The predicted molar refractivity (Wildman–Crippen MR) is 167 cm³/mol. The zero-order valence-electron chi connectivity index (χ0n) is 26.5. The number of piperidine rings is 1. The smallest absolute Gasteiger partial charge is 0.325 e. The second-order valence-corrected chi connectivity index (χ2v) is 13.4. The molecule has 2 heterocycles. The van der Waals surface area contributed by atoms with E-state index in [4.69, 9.17) is 9.84 Å². The van der Waals surface area contributed by atoms with Crippen LogP contribution in [0.15, 0.2) is 54.6 Å². The SMILES string of the molecule is CC1(C(=O)O)CC1.COc1ccc(CN2C(=O)NC3(CCN(CC[C@H](NC(=O)C(C)(C)C)c4ccccc4)CC3)C2=O)cc1. The van der Waals surface area contributed by atoms with Crippen molar-refractivity contribution in [3.05, 3.63) is 65.7 Å². The Morgan fingerprint density at radius 1 is 1.00 bits per heavy atom. The Balaban J connectivity index is 0.000000555. The molecule has 0 bridgehead atoms. The summed E-state index contributed by atoms with van der Waals surface area (Å²) in [5, 5.41) is 14.5. The topological polar surface area (TPSA) is 128 Å². The van der Waals surface area contributed by atoms with E-state index in [-0.39, 0.29) is 35.8 Å². The van der Waals surface area contributed by atoms with E-state index < -0.39 is 16.9 Å². The number of hydrogen-bond acceptors (Lipinski definition) is 6. The maximum atomic E-state index is 13.3. The molecule has 1 atom stereocenters. The van der Waals surface area contributed by atoms with Crippen LogP contribution in [-0.2, 0) is 20.9 Å². The first kappa shape index (κ1) is 33.0. The molecule has 2 aromatic carbocycles. The predicted octanol–water partition coefficient (Wildman–Crippen LogP) is 4.75. The van der Waals surface area contributed by atoms with Crippen molar-refractivity contribution in [1.82, 2.24) is 20.4 Å². The summed E-state index contributed by atoms with van der Waals surface area (Å²) in [6.07, 6.45) is 3.63. The minimum absolute atomic E-state index is 0.0233. The summed E-state index contributed by atoms with van der Waals surface area (Å²) in [5.41, 5.74) is 0.326. The van der Waals surface area contributed by atoms with Crippen LogP contribution in [0.2, 0.25) is 0 Å². The van der Waals surface area contributed by atoms with Gasteiger partial charge in [-0.05, 0) is 62.3 Å². The molecule has 2 aromatic rings. The second kappa shape index (κ2) is 13.4. The summed E-state index contributed by atoms with van der Waals surface area (Å²) in [6.45, 7) is 9.96. The third-order valence-electron chi connectivity index (χ3n) is 8.89. The van der Waals surface area contributed by atoms with Gasteiger partial charge in [0.25, 0.3) is 5.91 Å². The van der Waals surface area contributed by atoms with Crippen molar-refractivity contribution in [3.63, 3.8) is 0 Å². The number of carbonyl (C=O) groups is 4. The summed E-state index contributed by atoms with van der Waals surface area (Å²) < 4.78 is 5.19. The molecule has 1 spiro atoms. The van der Waals surface area contributed by atoms with Crippen LogP contribution >= 0.6 is 0 Å². The van der Waals surface area contributed by atoms with E-state index in [1.54, 1.807) is 14.0 Å². The lowest BCUT2D eigenvalue weighted by molar-refractivity contribution is -0.142. The number of amides is 4. The third kappa shape index (κ3) is 7.96. The number of likely N-dealkylation sites (tertiary alicyclic amines) is 1. The number of nitrogens with zero attached hydrogens (tertiary/aromatic N) is 2. The molecule has 0 unspecified atom stereocenters. The Morgan fingerprint density at radius 3 is 2.11 bits per heavy atom. The highest BCUT2D eigenvalue weighted by atomic mass is 16.5. The number of benzene rings is 2. The van der Waals surface area contributed by atoms with E-state index in [1.165, 1.54) is 4.90 Å². The average Bonchev–Trinajstić information content (AvgIpc) is 3.73. The lowest BCUT2D eigenvalue weighted by atomic mass is 9.87. The molecule has 10 nitrogen and oxygen atoms in total. The van der Waals surface area contributed by atoms with Crippen molar-refractivity contribution in [2.24, 2.45) is 10.8 Å². The zero-order valence-corrected chi connectivity index (χ0v) is 26.5. The number of nitrogens with one attached hydrogen (secondary N) is 2. The van der Waals surface area contributed by atoms with Gasteiger partial charge in [-0.3, -0.25) is 19.3 Å². The fourth-order valence-electron chi connectivity index (χ4n) is 5.33. The molecule has 3 N–H and O–H groups in total. The molecule has 4 amide bonds. The highest BCUT2D eigenvalue weighted by Crippen LogP contribution is 2.44. The monoisotopic (exact) mass is 606 g/mol. The summed E-state index contributed by atoms with van der Waals surface area (Å²) in [7, 11) is 1.60. The molecule has 44 heavy (non-hydrogen) atoms. The number of aliphatic carboxylic acids is 1. The molecule has 10 heteroatoms. The summed E-state index contributed by atoms with van der Waals surface area (Å²) in [4.78, 5) is 52.5. The fraction of sp³-hybridized carbons (Fsp3) is 0.529. The van der Waals surface area contributed by atoms with Crippen molar-refractivity contribution in [1.29, 1.82) is 0 Å². The largest absolute Gasteiger partial charge is 0.497 e. The normalized spacial score (nSPS) is 19.4. The molecule has 3 aliphatic rings. The van der Waals surface area contributed by atoms with Crippen LogP contribution in [0.5, 0.6) is 5.75 Å². The zero-order chi connectivity index (χ0) is 32.1. The number of urea groups is 1. The lowest BCUT2D eigenvalue weighted by Gasteiger charge is -2.38. The Labute approximate surface area is 260 Å². The Bertz CT molecular complexity index is 1330. The van der Waals surface area contributed by atoms with Gasteiger partial charge in [-0.1, -0.05) is 63.2 Å². The minimum Gasteiger partial charge on any atom is -0.497 e. The standard InChI is InChI=1S/C29H38N4O4.C5H8O2/c1-28(2,3)25(34)30-24(22-8-6-5-7-9-22)14-17-32-18-15-29(16-19-32)26(35)33(27(36)31-29)20-21-10-12-23(37-4)13-11-21;1-5(2-3-5)4(6)7/h5-13,24H,14-20H2,1-4H3,(H,30,34)(H,31,36);2-3H2,1H3,(H,6,7)/t24-;/m0./s1. The maximum absolute atomic E-state index is 13.3. The maximum Gasteiger partial charge on any atom is 0.325 e. The van der Waals surface area contributed by atoms with Gasteiger partial charge < -0.3 is 25.4 Å². The van der Waals surface area contributed by atoms with Crippen molar-refractivity contribution in [2.45, 2.75) is 77.9 Å². The van der Waals surface area contributed by atoms with Gasteiger partial charge in [0.2, 0.25) is 5.91 Å². The van der Waals surface area contributed by atoms with E-state index in [0.717, 1.165) is 42.7 Å². The van der Waals surface area contributed by atoms with Gasteiger partial charge >= 0.3 is 12.0 Å². The number of rotatable bonds is 9. The average molecular weight is 607 g/mol. The van der Waals surface area contributed by atoms with E-state index >= 15 is 0 Å². The molecule has 2 saturated heterocycles. The number of carboxylic acid groups (broad SMARTS) is 1. The quantitative estimate of drug-likeness (QED) is 0.352. The third-order valence-corrected chi connectivity index (χ3v) is 8.89. The minimum atomic E-state index is -0.834. The molecule has 3 fully saturated rings. The Kier molecular flexibility index (Phi) is 10.0. The van der Waals surface area contributed by atoms with Gasteiger partial charge in [-0.15, -0.1) is 0 Å². The molecule has 238 valence electrons. The molecule has 2 aliphatic heterocycles. The lowest BCUT2D eigenvalue weighted by Crippen LogP contribution is -2.55. The van der Waals surface area contributed by atoms with E-state index in [2.05, 4.69) is 15.5 Å². The van der Waals surface area contributed by atoms with Crippen LogP contribution in [0, 0.1) is 10.8 Å². The molecule has 5 rings (SSSR count). The summed E-state index contributed by atoms with van der Waals surface area (Å²) >= 11 is 0. The fourth-order valence-corrected chi connectivity index (χ4v) is 5.33. The molecule has 1 saturated carbocycles. The number of carbonyl (C=O) groups excluding carboxylic acids is 3. The number of carboxylic acids is 1. The van der Waals surface area contributed by atoms with Gasteiger partial charge in [-0.25, -0.2) is 4.79 Å². The van der Waals surface area contributed by atoms with Crippen LogP contribution in [0.1, 0.15) is 77.0 Å².